The van der Waals surface area contributed by atoms with Crippen LogP contribution in [-0.2, 0) is 0 Å². The second-order valence-corrected chi connectivity index (χ2v) is 8.62. The van der Waals surface area contributed by atoms with E-state index in [1.54, 1.807) is 0 Å². The number of hydrogen-bond acceptors (Lipinski definition) is 0. The van der Waals surface area contributed by atoms with E-state index in [2.05, 4.69) is 38.2 Å². The van der Waals surface area contributed by atoms with Gasteiger partial charge in [-0.2, -0.15) is 0 Å². The highest BCUT2D eigenvalue weighted by Crippen LogP contribution is 2.34. The van der Waals surface area contributed by atoms with Crippen molar-refractivity contribution in [2.75, 3.05) is 0 Å². The highest BCUT2D eigenvalue weighted by atomic mass is 14.3. The number of rotatable bonds is 9. The van der Waals surface area contributed by atoms with Crippen molar-refractivity contribution in [3.05, 3.63) is 24.3 Å². The summed E-state index contributed by atoms with van der Waals surface area (Å²) < 4.78 is 0. The first-order valence-electron chi connectivity index (χ1n) is 11.1. The summed E-state index contributed by atoms with van der Waals surface area (Å²) in [4.78, 5) is 0. The lowest BCUT2D eigenvalue weighted by Crippen LogP contribution is -2.14. The molecule has 0 saturated heterocycles. The maximum Gasteiger partial charge on any atom is -0.0233 e. The predicted molar refractivity (Wildman–Crippen MR) is 108 cm³/mol. The molecule has 0 aliphatic heterocycles. The Hall–Kier alpha value is -0.520. The molecule has 2 rings (SSSR count). The SMILES string of the molecule is CCCC=CC1CCC(CC=CCC2CCC(CCC)CC2)CC1. The average molecular weight is 331 g/mol. The normalized spacial score (nSPS) is 31.9. The second-order valence-electron chi connectivity index (χ2n) is 8.62. The molecule has 0 spiro atoms. The highest BCUT2D eigenvalue weighted by molar-refractivity contribution is 4.93. The molecule has 0 bridgehead atoms. The molecule has 0 radical (unpaired) electrons. The molecular weight excluding hydrogens is 288 g/mol. The van der Waals surface area contributed by atoms with Gasteiger partial charge < -0.3 is 0 Å². The topological polar surface area (TPSA) is 0 Å². The van der Waals surface area contributed by atoms with Crippen LogP contribution in [0.15, 0.2) is 24.3 Å². The molecule has 24 heavy (non-hydrogen) atoms. The van der Waals surface area contributed by atoms with Crippen molar-refractivity contribution in [2.24, 2.45) is 23.7 Å². The molecule has 0 unspecified atom stereocenters. The third-order valence-corrected chi connectivity index (χ3v) is 6.52. The number of unbranched alkanes of at least 4 members (excludes halogenated alkanes) is 1. The van der Waals surface area contributed by atoms with Gasteiger partial charge in [0.25, 0.3) is 0 Å². The van der Waals surface area contributed by atoms with E-state index < -0.39 is 0 Å². The van der Waals surface area contributed by atoms with Gasteiger partial charge in [0.05, 0.1) is 0 Å². The maximum absolute atomic E-state index is 2.53. The van der Waals surface area contributed by atoms with Crippen molar-refractivity contribution in [1.29, 1.82) is 0 Å². The first kappa shape index (κ1) is 19.8. The zero-order chi connectivity index (χ0) is 17.0. The van der Waals surface area contributed by atoms with Gasteiger partial charge in [-0.25, -0.2) is 0 Å². The van der Waals surface area contributed by atoms with Crippen molar-refractivity contribution in [1.82, 2.24) is 0 Å². The van der Waals surface area contributed by atoms with Gasteiger partial charge in [-0.15, -0.1) is 0 Å². The van der Waals surface area contributed by atoms with Gasteiger partial charge in [-0.3, -0.25) is 0 Å². The molecule has 0 heteroatoms. The second kappa shape index (κ2) is 11.9. The minimum absolute atomic E-state index is 0.884. The summed E-state index contributed by atoms with van der Waals surface area (Å²) in [5, 5.41) is 0. The molecule has 0 aromatic rings. The molecule has 0 aromatic heterocycles. The van der Waals surface area contributed by atoms with E-state index in [4.69, 9.17) is 0 Å². The molecular formula is C24H42. The molecule has 2 aliphatic rings. The Morgan fingerprint density at radius 2 is 1.17 bits per heavy atom. The Morgan fingerprint density at radius 3 is 1.71 bits per heavy atom. The van der Waals surface area contributed by atoms with E-state index >= 15 is 0 Å². The van der Waals surface area contributed by atoms with Crippen LogP contribution in [0, 0.1) is 23.7 Å². The van der Waals surface area contributed by atoms with Crippen LogP contribution in [0.25, 0.3) is 0 Å². The minimum atomic E-state index is 0.884. The van der Waals surface area contributed by atoms with E-state index in [0.717, 1.165) is 23.7 Å². The van der Waals surface area contributed by atoms with Crippen LogP contribution in [-0.4, -0.2) is 0 Å². The lowest BCUT2D eigenvalue weighted by Gasteiger charge is -2.28. The third-order valence-electron chi connectivity index (χ3n) is 6.52. The summed E-state index contributed by atoms with van der Waals surface area (Å²) in [5.41, 5.74) is 0. The predicted octanol–water partition coefficient (Wildman–Crippen LogP) is 8.09. The standard InChI is InChI=1S/C24H42/c1-3-5-6-10-22-17-19-24(20-18-22)12-8-7-11-23-15-13-21(9-4-2)14-16-23/h6-8,10,21-24H,3-5,9,11-20H2,1-2H3. The van der Waals surface area contributed by atoms with E-state index in [-0.39, 0.29) is 0 Å². The van der Waals surface area contributed by atoms with Gasteiger partial charge in [0, 0.05) is 0 Å². The summed E-state index contributed by atoms with van der Waals surface area (Å²) in [7, 11) is 0. The molecule has 2 saturated carbocycles. The first-order valence-corrected chi connectivity index (χ1v) is 11.1. The van der Waals surface area contributed by atoms with Crippen LogP contribution in [0.2, 0.25) is 0 Å². The summed E-state index contributed by atoms with van der Waals surface area (Å²) in [6.07, 6.45) is 29.8. The molecule has 0 amide bonds. The van der Waals surface area contributed by atoms with Crippen molar-refractivity contribution in [3.63, 3.8) is 0 Å². The lowest BCUT2D eigenvalue weighted by molar-refractivity contribution is 0.263. The molecule has 2 aliphatic carbocycles. The minimum Gasteiger partial charge on any atom is -0.0883 e. The summed E-state index contributed by atoms with van der Waals surface area (Å²) >= 11 is 0. The summed E-state index contributed by atoms with van der Waals surface area (Å²) in [6.45, 7) is 4.61. The van der Waals surface area contributed by atoms with E-state index in [1.807, 2.05) is 0 Å². The van der Waals surface area contributed by atoms with Crippen LogP contribution < -0.4 is 0 Å². The fourth-order valence-corrected chi connectivity index (χ4v) is 4.81. The largest absolute Gasteiger partial charge is 0.0883 e. The van der Waals surface area contributed by atoms with Gasteiger partial charge >= 0.3 is 0 Å². The molecule has 0 nitrogen and oxygen atoms in total. The van der Waals surface area contributed by atoms with E-state index in [0.29, 0.717) is 0 Å². The van der Waals surface area contributed by atoms with Gasteiger partial charge in [0.1, 0.15) is 0 Å². The Labute approximate surface area is 152 Å². The van der Waals surface area contributed by atoms with Gasteiger partial charge in [-0.05, 0) is 81.5 Å². The third kappa shape index (κ3) is 7.58. The Bertz CT molecular complexity index is 348. The zero-order valence-corrected chi connectivity index (χ0v) is 16.5. The van der Waals surface area contributed by atoms with Crippen LogP contribution in [0.3, 0.4) is 0 Å². The molecule has 0 aromatic carbocycles. The average Bonchev–Trinajstić information content (AvgIpc) is 2.62. The van der Waals surface area contributed by atoms with Crippen LogP contribution in [0.1, 0.15) is 104 Å². The van der Waals surface area contributed by atoms with Gasteiger partial charge in [0.15, 0.2) is 0 Å². The van der Waals surface area contributed by atoms with Gasteiger partial charge in [-0.1, -0.05) is 70.3 Å². The number of allylic oxidation sites excluding steroid dienone is 4. The van der Waals surface area contributed by atoms with E-state index in [1.165, 1.54) is 89.9 Å². The first-order chi connectivity index (χ1) is 11.8. The van der Waals surface area contributed by atoms with Crippen LogP contribution in [0.5, 0.6) is 0 Å². The number of hydrogen-bond donors (Lipinski definition) is 0. The molecule has 138 valence electrons. The fourth-order valence-electron chi connectivity index (χ4n) is 4.81. The monoisotopic (exact) mass is 330 g/mol. The zero-order valence-electron chi connectivity index (χ0n) is 16.5. The maximum atomic E-state index is 2.53. The highest BCUT2D eigenvalue weighted by Gasteiger charge is 2.20. The Kier molecular flexibility index (Phi) is 9.85. The summed E-state index contributed by atoms with van der Waals surface area (Å²) in [5.74, 6) is 3.90. The van der Waals surface area contributed by atoms with Crippen molar-refractivity contribution in [2.45, 2.75) is 104 Å². The quantitative estimate of drug-likeness (QED) is 0.375. The van der Waals surface area contributed by atoms with Crippen molar-refractivity contribution in [3.8, 4) is 0 Å². The van der Waals surface area contributed by atoms with Gasteiger partial charge in [0.2, 0.25) is 0 Å². The molecule has 2 fully saturated rings. The Balaban J connectivity index is 1.54. The van der Waals surface area contributed by atoms with Crippen LogP contribution in [0.4, 0.5) is 0 Å². The smallest absolute Gasteiger partial charge is 0.0233 e. The molecule has 0 N–H and O–H groups in total. The lowest BCUT2D eigenvalue weighted by atomic mass is 9.78. The Morgan fingerprint density at radius 1 is 0.625 bits per heavy atom. The van der Waals surface area contributed by atoms with Crippen LogP contribution >= 0.6 is 0 Å². The molecule has 0 atom stereocenters. The molecule has 0 heterocycles. The van der Waals surface area contributed by atoms with E-state index in [9.17, 15) is 0 Å². The fraction of sp³-hybridized carbons (Fsp3) is 0.833. The van der Waals surface area contributed by atoms with Crippen molar-refractivity contribution < 1.29 is 0 Å². The summed E-state index contributed by atoms with van der Waals surface area (Å²) in [6, 6.07) is 0. The van der Waals surface area contributed by atoms with Crippen molar-refractivity contribution >= 4 is 0 Å².